The number of Topliss-reactive ketones (excluding diaryl/α,β-unsaturated/α-hetero) is 1. The Morgan fingerprint density at radius 1 is 1.25 bits per heavy atom. The Bertz CT molecular complexity index is 941. The zero-order valence-corrected chi connectivity index (χ0v) is 14.6. The summed E-state index contributed by atoms with van der Waals surface area (Å²) in [7, 11) is -3.70. The van der Waals surface area contributed by atoms with Crippen molar-refractivity contribution in [2.75, 3.05) is 6.26 Å². The first kappa shape index (κ1) is 18.0. The molecule has 9 heteroatoms. The van der Waals surface area contributed by atoms with E-state index in [-0.39, 0.29) is 22.2 Å². The van der Waals surface area contributed by atoms with Gasteiger partial charge in [-0.25, -0.2) is 23.2 Å². The summed E-state index contributed by atoms with van der Waals surface area (Å²) < 4.78 is 28.1. The number of aromatic nitrogens is 2. The largest absolute Gasteiger partial charge is 0.422 e. The van der Waals surface area contributed by atoms with Crippen LogP contribution < -0.4 is 4.74 Å². The number of esters is 1. The van der Waals surface area contributed by atoms with Crippen LogP contribution in [0, 0.1) is 6.92 Å². The minimum Gasteiger partial charge on any atom is -0.422 e. The summed E-state index contributed by atoms with van der Waals surface area (Å²) in [6, 6.07) is 4.50. The Morgan fingerprint density at radius 2 is 1.92 bits per heavy atom. The third-order valence-corrected chi connectivity index (χ3v) is 4.17. The molecule has 0 aliphatic heterocycles. The minimum absolute atomic E-state index is 0.109. The van der Waals surface area contributed by atoms with Gasteiger partial charge in [-0.15, -0.1) is 0 Å². The number of sulfone groups is 1. The van der Waals surface area contributed by atoms with Crippen LogP contribution in [-0.4, -0.2) is 36.4 Å². The number of benzene rings is 1. The van der Waals surface area contributed by atoms with Crippen molar-refractivity contribution in [3.63, 3.8) is 0 Å². The molecule has 24 heavy (non-hydrogen) atoms. The van der Waals surface area contributed by atoms with E-state index in [1.807, 2.05) is 0 Å². The number of carbonyl (C=O) groups excluding carboxylic acids is 2. The van der Waals surface area contributed by atoms with Gasteiger partial charge in [-0.2, -0.15) is 0 Å². The van der Waals surface area contributed by atoms with Crippen LogP contribution in [0.3, 0.4) is 0 Å². The fourth-order valence-electron chi connectivity index (χ4n) is 1.92. The maximum Gasteiger partial charge on any atom is 0.364 e. The summed E-state index contributed by atoms with van der Waals surface area (Å²) in [6.45, 7) is 3.13. The van der Waals surface area contributed by atoms with Crippen LogP contribution in [0.15, 0.2) is 29.6 Å². The Balaban J connectivity index is 2.34. The second-order valence-corrected chi connectivity index (χ2v) is 7.36. The van der Waals surface area contributed by atoms with Gasteiger partial charge in [0.25, 0.3) is 0 Å². The van der Waals surface area contributed by atoms with Crippen molar-refractivity contribution in [1.29, 1.82) is 0 Å². The lowest BCUT2D eigenvalue weighted by Gasteiger charge is -2.08. The van der Waals surface area contributed by atoms with E-state index < -0.39 is 21.0 Å². The van der Waals surface area contributed by atoms with Gasteiger partial charge in [-0.05, 0) is 37.6 Å². The monoisotopic (exact) mass is 368 g/mol. The fraction of sp³-hybridized carbons (Fsp3) is 0.200. The van der Waals surface area contributed by atoms with E-state index in [1.54, 1.807) is 6.92 Å². The third kappa shape index (κ3) is 3.95. The molecule has 2 aromatic rings. The number of halogens is 1. The minimum atomic E-state index is -3.70. The molecule has 0 saturated carbocycles. The van der Waals surface area contributed by atoms with Crippen molar-refractivity contribution in [2.45, 2.75) is 19.0 Å². The molecule has 1 aromatic carbocycles. The van der Waals surface area contributed by atoms with Gasteiger partial charge in [0, 0.05) is 11.8 Å². The maximum absolute atomic E-state index is 12.2. The predicted octanol–water partition coefficient (Wildman–Crippen LogP) is 2.26. The van der Waals surface area contributed by atoms with Crippen molar-refractivity contribution in [3.05, 3.63) is 46.2 Å². The van der Waals surface area contributed by atoms with E-state index >= 15 is 0 Å². The average molecular weight is 369 g/mol. The Kier molecular flexibility index (Phi) is 5.00. The molecule has 0 fully saturated rings. The molecule has 7 nitrogen and oxygen atoms in total. The smallest absolute Gasteiger partial charge is 0.364 e. The number of hydrogen-bond donors (Lipinski definition) is 0. The van der Waals surface area contributed by atoms with Crippen LogP contribution in [0.25, 0.3) is 0 Å². The SMILES string of the molecule is CC(=O)c1ccc(OC(=O)c2nc(S(C)(=O)=O)ncc2Cl)cc1C. The first-order chi connectivity index (χ1) is 11.1. The van der Waals surface area contributed by atoms with Crippen molar-refractivity contribution in [1.82, 2.24) is 9.97 Å². The van der Waals surface area contributed by atoms with Gasteiger partial charge in [0.2, 0.25) is 15.0 Å². The van der Waals surface area contributed by atoms with Gasteiger partial charge in [-0.3, -0.25) is 4.79 Å². The highest BCUT2D eigenvalue weighted by atomic mass is 35.5. The lowest BCUT2D eigenvalue weighted by atomic mass is 10.1. The van der Waals surface area contributed by atoms with E-state index in [0.717, 1.165) is 12.5 Å². The summed E-state index contributed by atoms with van der Waals surface area (Å²) in [5, 5.41) is -0.661. The summed E-state index contributed by atoms with van der Waals surface area (Å²) in [5.74, 6) is -0.859. The van der Waals surface area contributed by atoms with E-state index in [1.165, 1.54) is 25.1 Å². The van der Waals surface area contributed by atoms with Crippen molar-refractivity contribution in [3.8, 4) is 5.75 Å². The number of hydrogen-bond acceptors (Lipinski definition) is 7. The van der Waals surface area contributed by atoms with Gasteiger partial charge in [0.15, 0.2) is 11.5 Å². The summed E-state index contributed by atoms with van der Waals surface area (Å²) >= 11 is 5.84. The first-order valence-corrected chi connectivity index (χ1v) is 8.93. The lowest BCUT2D eigenvalue weighted by molar-refractivity contribution is 0.0727. The topological polar surface area (TPSA) is 103 Å². The van der Waals surface area contributed by atoms with Crippen LogP contribution in [0.2, 0.25) is 5.02 Å². The first-order valence-electron chi connectivity index (χ1n) is 6.66. The molecule has 126 valence electrons. The molecule has 0 spiro atoms. The zero-order valence-electron chi connectivity index (χ0n) is 13.0. The Morgan fingerprint density at radius 3 is 2.46 bits per heavy atom. The van der Waals surface area contributed by atoms with E-state index in [4.69, 9.17) is 16.3 Å². The van der Waals surface area contributed by atoms with Crippen LogP contribution in [0.1, 0.15) is 33.3 Å². The second kappa shape index (κ2) is 6.66. The normalized spacial score (nSPS) is 11.2. The molecule has 0 amide bonds. The second-order valence-electron chi connectivity index (χ2n) is 5.04. The maximum atomic E-state index is 12.2. The van der Waals surface area contributed by atoms with Gasteiger partial charge in [0.05, 0.1) is 11.2 Å². The number of ketones is 1. The van der Waals surface area contributed by atoms with E-state index in [2.05, 4.69) is 9.97 Å². The molecular formula is C15H13ClN2O5S. The highest BCUT2D eigenvalue weighted by Crippen LogP contribution is 2.21. The molecular weight excluding hydrogens is 356 g/mol. The molecule has 0 atom stereocenters. The number of carbonyl (C=O) groups is 2. The third-order valence-electron chi connectivity index (χ3n) is 3.03. The zero-order chi connectivity index (χ0) is 18.1. The Labute approximate surface area is 143 Å². The fourth-order valence-corrected chi connectivity index (χ4v) is 2.59. The van der Waals surface area contributed by atoms with Gasteiger partial charge >= 0.3 is 5.97 Å². The van der Waals surface area contributed by atoms with Crippen LogP contribution in [0.4, 0.5) is 0 Å². The molecule has 0 radical (unpaired) electrons. The average Bonchev–Trinajstić information content (AvgIpc) is 2.45. The highest BCUT2D eigenvalue weighted by molar-refractivity contribution is 7.90. The summed E-state index contributed by atoms with van der Waals surface area (Å²) in [6.07, 6.45) is 1.93. The van der Waals surface area contributed by atoms with Crippen molar-refractivity contribution in [2.24, 2.45) is 0 Å². The molecule has 0 unspecified atom stereocenters. The van der Waals surface area contributed by atoms with Crippen molar-refractivity contribution < 1.29 is 22.7 Å². The number of aryl methyl sites for hydroxylation is 1. The molecule has 0 aliphatic rings. The molecule has 0 aliphatic carbocycles. The quantitative estimate of drug-likeness (QED) is 0.353. The van der Waals surface area contributed by atoms with Gasteiger partial charge in [-0.1, -0.05) is 11.6 Å². The summed E-state index contributed by atoms with van der Waals surface area (Å²) in [5.41, 5.74) is 0.785. The highest BCUT2D eigenvalue weighted by Gasteiger charge is 2.20. The van der Waals surface area contributed by atoms with Gasteiger partial charge < -0.3 is 4.74 Å². The predicted molar refractivity (Wildman–Crippen MR) is 86.3 cm³/mol. The number of rotatable bonds is 4. The molecule has 1 heterocycles. The Hall–Kier alpha value is -2.32. The standard InChI is InChI=1S/C15H13ClN2O5S/c1-8-6-10(4-5-11(8)9(2)19)23-14(20)13-12(16)7-17-15(18-13)24(3,21)22/h4-7H,1-3H3. The van der Waals surface area contributed by atoms with Crippen LogP contribution >= 0.6 is 11.6 Å². The van der Waals surface area contributed by atoms with E-state index in [0.29, 0.717) is 11.1 Å². The lowest BCUT2D eigenvalue weighted by Crippen LogP contribution is -2.15. The number of ether oxygens (including phenoxy) is 1. The summed E-state index contributed by atoms with van der Waals surface area (Å²) in [4.78, 5) is 30.8. The van der Waals surface area contributed by atoms with Crippen LogP contribution in [0.5, 0.6) is 5.75 Å². The molecule has 0 N–H and O–H groups in total. The molecule has 2 rings (SSSR count). The molecule has 0 bridgehead atoms. The van der Waals surface area contributed by atoms with Crippen molar-refractivity contribution >= 4 is 33.2 Å². The molecule has 0 saturated heterocycles. The van der Waals surface area contributed by atoms with Gasteiger partial charge in [0.1, 0.15) is 5.75 Å². The van der Waals surface area contributed by atoms with E-state index in [9.17, 15) is 18.0 Å². The number of nitrogens with zero attached hydrogens (tertiary/aromatic N) is 2. The molecule has 1 aromatic heterocycles. The van der Waals surface area contributed by atoms with Crippen LogP contribution in [-0.2, 0) is 9.84 Å².